The van der Waals surface area contributed by atoms with Gasteiger partial charge in [0.15, 0.2) is 0 Å². The first-order chi connectivity index (χ1) is 18.1. The maximum atomic E-state index is 13.9. The van der Waals surface area contributed by atoms with E-state index in [1.807, 2.05) is 38.1 Å². The van der Waals surface area contributed by atoms with Crippen molar-refractivity contribution < 1.29 is 27.5 Å². The quantitative estimate of drug-likeness (QED) is 0.437. The minimum Gasteiger partial charge on any atom is -0.497 e. The first kappa shape index (κ1) is 29.3. The number of ether oxygens (including phenoxy) is 2. The lowest BCUT2D eigenvalue weighted by Crippen LogP contribution is -2.53. The Labute approximate surface area is 226 Å². The Morgan fingerprint density at radius 3 is 2.34 bits per heavy atom. The Balaban J connectivity index is 1.98. The van der Waals surface area contributed by atoms with Crippen LogP contribution in [0.3, 0.4) is 0 Å². The van der Waals surface area contributed by atoms with Crippen LogP contribution in [0, 0.1) is 6.92 Å². The van der Waals surface area contributed by atoms with E-state index in [0.29, 0.717) is 12.2 Å². The van der Waals surface area contributed by atoms with E-state index in [1.165, 1.54) is 19.1 Å². The Hall–Kier alpha value is -3.27. The SMILES string of the molecule is CCC(C(=O)NC1CCCC1)N(Cc1ccccc1C)C(=O)CN(c1ccc(OC)cc1OC)S(C)(=O)=O. The van der Waals surface area contributed by atoms with Crippen molar-refractivity contribution in [3.05, 3.63) is 53.6 Å². The van der Waals surface area contributed by atoms with Gasteiger partial charge in [0.05, 0.1) is 26.2 Å². The number of nitrogens with one attached hydrogen (secondary N) is 1. The predicted molar refractivity (Wildman–Crippen MR) is 148 cm³/mol. The number of nitrogens with zero attached hydrogens (tertiary/aromatic N) is 2. The Kier molecular flexibility index (Phi) is 10.0. The molecule has 1 unspecified atom stereocenters. The zero-order chi connectivity index (χ0) is 27.9. The number of hydrogen-bond donors (Lipinski definition) is 1. The molecule has 1 atom stereocenters. The molecule has 2 aromatic carbocycles. The second kappa shape index (κ2) is 13.0. The van der Waals surface area contributed by atoms with Crippen molar-refractivity contribution >= 4 is 27.5 Å². The summed E-state index contributed by atoms with van der Waals surface area (Å²) in [7, 11) is -0.967. The molecule has 0 spiro atoms. The van der Waals surface area contributed by atoms with Crippen molar-refractivity contribution in [3.63, 3.8) is 0 Å². The van der Waals surface area contributed by atoms with E-state index in [4.69, 9.17) is 9.47 Å². The number of carbonyl (C=O) groups excluding carboxylic acids is 2. The standard InChI is InChI=1S/C28H39N3O6S/c1-6-24(28(33)29-22-13-9-10-14-22)30(18-21-12-8-7-11-20(21)2)27(32)19-31(38(5,34)35)25-16-15-23(36-3)17-26(25)37-4/h7-8,11-12,15-17,22,24H,6,9-10,13-14,18-19H2,1-5H3,(H,29,33). The first-order valence-corrected chi connectivity index (χ1v) is 14.8. The molecule has 0 aliphatic heterocycles. The third-order valence-electron chi connectivity index (χ3n) is 7.02. The molecule has 2 amide bonds. The van der Waals surface area contributed by atoms with E-state index >= 15 is 0 Å². The molecule has 0 radical (unpaired) electrons. The summed E-state index contributed by atoms with van der Waals surface area (Å²) in [6, 6.07) is 11.7. The summed E-state index contributed by atoms with van der Waals surface area (Å²) in [5, 5.41) is 3.11. The zero-order valence-electron chi connectivity index (χ0n) is 22.9. The maximum Gasteiger partial charge on any atom is 0.244 e. The van der Waals surface area contributed by atoms with Crippen molar-refractivity contribution in [2.45, 2.75) is 64.6 Å². The van der Waals surface area contributed by atoms with Crippen molar-refractivity contribution in [1.29, 1.82) is 0 Å². The van der Waals surface area contributed by atoms with Gasteiger partial charge in [-0.25, -0.2) is 8.42 Å². The molecule has 1 aliphatic rings. The third kappa shape index (κ3) is 7.18. The smallest absolute Gasteiger partial charge is 0.244 e. The van der Waals surface area contributed by atoms with Crippen molar-refractivity contribution in [2.24, 2.45) is 0 Å². The molecule has 10 heteroatoms. The second-order valence-corrected chi connectivity index (χ2v) is 11.6. The summed E-state index contributed by atoms with van der Waals surface area (Å²) in [6.07, 6.45) is 5.42. The van der Waals surface area contributed by atoms with Gasteiger partial charge in [0, 0.05) is 18.7 Å². The second-order valence-electron chi connectivity index (χ2n) is 9.67. The van der Waals surface area contributed by atoms with Gasteiger partial charge in [-0.3, -0.25) is 13.9 Å². The average molecular weight is 546 g/mol. The van der Waals surface area contributed by atoms with Crippen LogP contribution in [0.4, 0.5) is 5.69 Å². The van der Waals surface area contributed by atoms with E-state index in [2.05, 4.69) is 5.32 Å². The van der Waals surface area contributed by atoms with Crippen LogP contribution in [-0.2, 0) is 26.2 Å². The summed E-state index contributed by atoms with van der Waals surface area (Å²) in [5.41, 5.74) is 2.08. The lowest BCUT2D eigenvalue weighted by Gasteiger charge is -2.34. The monoisotopic (exact) mass is 545 g/mol. The van der Waals surface area contributed by atoms with Gasteiger partial charge in [0.2, 0.25) is 21.8 Å². The van der Waals surface area contributed by atoms with Crippen LogP contribution in [0.1, 0.15) is 50.2 Å². The van der Waals surface area contributed by atoms with Crippen molar-refractivity contribution in [3.8, 4) is 11.5 Å². The molecule has 3 rings (SSSR count). The van der Waals surface area contributed by atoms with E-state index in [1.54, 1.807) is 18.2 Å². The van der Waals surface area contributed by atoms with E-state index in [9.17, 15) is 18.0 Å². The van der Waals surface area contributed by atoms with Gasteiger partial charge in [-0.2, -0.15) is 0 Å². The summed E-state index contributed by atoms with van der Waals surface area (Å²) in [5.74, 6) is 0.0412. The molecule has 208 valence electrons. The van der Waals surface area contributed by atoms with E-state index in [-0.39, 0.29) is 29.9 Å². The number of anilines is 1. The fourth-order valence-electron chi connectivity index (χ4n) is 4.84. The van der Waals surface area contributed by atoms with Gasteiger partial charge in [-0.15, -0.1) is 0 Å². The molecule has 38 heavy (non-hydrogen) atoms. The number of benzene rings is 2. The summed E-state index contributed by atoms with van der Waals surface area (Å²) in [4.78, 5) is 28.8. The highest BCUT2D eigenvalue weighted by Gasteiger charge is 2.34. The molecule has 0 aromatic heterocycles. The van der Waals surface area contributed by atoms with Crippen LogP contribution < -0.4 is 19.1 Å². The summed E-state index contributed by atoms with van der Waals surface area (Å²) in [6.45, 7) is 3.50. The maximum absolute atomic E-state index is 13.9. The van der Waals surface area contributed by atoms with Crippen LogP contribution in [0.2, 0.25) is 0 Å². The molecule has 0 saturated heterocycles. The van der Waals surface area contributed by atoms with E-state index < -0.39 is 28.5 Å². The number of hydrogen-bond acceptors (Lipinski definition) is 6. The summed E-state index contributed by atoms with van der Waals surface area (Å²) >= 11 is 0. The van der Waals surface area contributed by atoms with Gasteiger partial charge in [0.25, 0.3) is 0 Å². The molecule has 1 fully saturated rings. The largest absolute Gasteiger partial charge is 0.497 e. The Bertz CT molecular complexity index is 1230. The van der Waals surface area contributed by atoms with E-state index in [0.717, 1.165) is 47.4 Å². The van der Waals surface area contributed by atoms with Crippen LogP contribution >= 0.6 is 0 Å². The highest BCUT2D eigenvalue weighted by atomic mass is 32.2. The van der Waals surface area contributed by atoms with Crippen molar-refractivity contribution in [1.82, 2.24) is 10.2 Å². The highest BCUT2D eigenvalue weighted by molar-refractivity contribution is 7.92. The Morgan fingerprint density at radius 2 is 1.76 bits per heavy atom. The minimum absolute atomic E-state index is 0.100. The first-order valence-electron chi connectivity index (χ1n) is 12.9. The fourth-order valence-corrected chi connectivity index (χ4v) is 5.70. The molecule has 1 aliphatic carbocycles. The highest BCUT2D eigenvalue weighted by Crippen LogP contribution is 2.34. The number of aryl methyl sites for hydroxylation is 1. The number of carbonyl (C=O) groups is 2. The number of rotatable bonds is 12. The minimum atomic E-state index is -3.89. The number of sulfonamides is 1. The molecule has 0 bridgehead atoms. The van der Waals surface area contributed by atoms with Gasteiger partial charge in [-0.1, -0.05) is 44.0 Å². The predicted octanol–water partition coefficient (Wildman–Crippen LogP) is 3.64. The fraction of sp³-hybridized carbons (Fsp3) is 0.500. The normalized spacial score (nSPS) is 14.6. The van der Waals surface area contributed by atoms with Gasteiger partial charge in [-0.05, 0) is 49.4 Å². The number of methoxy groups -OCH3 is 2. The molecule has 1 saturated carbocycles. The Morgan fingerprint density at radius 1 is 1.08 bits per heavy atom. The van der Waals surface area contributed by atoms with Crippen molar-refractivity contribution in [2.75, 3.05) is 31.3 Å². The molecule has 9 nitrogen and oxygen atoms in total. The number of amides is 2. The van der Waals surface area contributed by atoms with Gasteiger partial charge < -0.3 is 19.7 Å². The molecular formula is C28H39N3O6S. The topological polar surface area (TPSA) is 105 Å². The van der Waals surface area contributed by atoms with Gasteiger partial charge in [0.1, 0.15) is 24.1 Å². The van der Waals surface area contributed by atoms with Crippen LogP contribution in [0.5, 0.6) is 11.5 Å². The molecule has 2 aromatic rings. The van der Waals surface area contributed by atoms with Gasteiger partial charge >= 0.3 is 0 Å². The molecule has 0 heterocycles. The van der Waals surface area contributed by atoms with Crippen LogP contribution in [0.15, 0.2) is 42.5 Å². The average Bonchev–Trinajstić information content (AvgIpc) is 3.40. The third-order valence-corrected chi connectivity index (χ3v) is 8.15. The lowest BCUT2D eigenvalue weighted by molar-refractivity contribution is -0.140. The molecule has 1 N–H and O–H groups in total. The summed E-state index contributed by atoms with van der Waals surface area (Å²) < 4.78 is 37.5. The zero-order valence-corrected chi connectivity index (χ0v) is 23.7. The van der Waals surface area contributed by atoms with Crippen LogP contribution in [-0.4, -0.2) is 64.2 Å². The lowest BCUT2D eigenvalue weighted by atomic mass is 10.1. The van der Waals surface area contributed by atoms with Crippen LogP contribution in [0.25, 0.3) is 0 Å². The molecular weight excluding hydrogens is 506 g/mol.